The van der Waals surface area contributed by atoms with Gasteiger partial charge in [-0.25, -0.2) is 0 Å². The van der Waals surface area contributed by atoms with Crippen LogP contribution in [0.1, 0.15) is 30.1 Å². The number of ketones is 1. The maximum absolute atomic E-state index is 12.3. The van der Waals surface area contributed by atoms with Crippen molar-refractivity contribution in [3.63, 3.8) is 0 Å². The van der Waals surface area contributed by atoms with E-state index >= 15 is 0 Å². The summed E-state index contributed by atoms with van der Waals surface area (Å²) in [5, 5.41) is 0.354. The Labute approximate surface area is 111 Å². The zero-order chi connectivity index (χ0) is 13.1. The molecular weight excluding hydrogens is 252 g/mol. The Morgan fingerprint density at radius 1 is 1.61 bits per heavy atom. The first-order valence-corrected chi connectivity index (χ1v) is 6.42. The van der Waals surface area contributed by atoms with Crippen molar-refractivity contribution in [2.24, 2.45) is 5.92 Å². The lowest BCUT2D eigenvalue weighted by Gasteiger charge is -2.31. The normalized spacial score (nSPS) is 20.0. The predicted octanol–water partition coefficient (Wildman–Crippen LogP) is 2.18. The van der Waals surface area contributed by atoms with Gasteiger partial charge >= 0.3 is 0 Å². The Hall–Kier alpha value is -1.42. The maximum Gasteiger partial charge on any atom is 0.255 e. The number of hydrogen-bond donors (Lipinski definition) is 0. The summed E-state index contributed by atoms with van der Waals surface area (Å²) in [4.78, 5) is 29.5. The number of nitrogens with zero attached hydrogens (tertiary/aromatic N) is 2. The first-order valence-electron chi connectivity index (χ1n) is 6.05. The summed E-state index contributed by atoms with van der Waals surface area (Å²) in [6, 6.07) is 1.61. The van der Waals surface area contributed by atoms with Crippen LogP contribution in [-0.2, 0) is 4.79 Å². The van der Waals surface area contributed by atoms with E-state index in [1.165, 1.54) is 6.20 Å². The summed E-state index contributed by atoms with van der Waals surface area (Å²) in [5.74, 6) is 0.0963. The van der Waals surface area contributed by atoms with Gasteiger partial charge in [0.1, 0.15) is 5.78 Å². The summed E-state index contributed by atoms with van der Waals surface area (Å²) < 4.78 is 0. The monoisotopic (exact) mass is 266 g/mol. The molecule has 96 valence electrons. The van der Waals surface area contributed by atoms with E-state index in [-0.39, 0.29) is 17.6 Å². The zero-order valence-corrected chi connectivity index (χ0v) is 11.0. The molecule has 0 spiro atoms. The first-order chi connectivity index (χ1) is 8.63. The number of rotatable bonds is 2. The van der Waals surface area contributed by atoms with Crippen LogP contribution in [-0.4, -0.2) is 34.7 Å². The van der Waals surface area contributed by atoms with Crippen LogP contribution in [0.15, 0.2) is 18.5 Å². The maximum atomic E-state index is 12.3. The van der Waals surface area contributed by atoms with Gasteiger partial charge in [-0.1, -0.05) is 18.5 Å². The molecule has 0 bridgehead atoms. The average molecular weight is 267 g/mol. The van der Waals surface area contributed by atoms with Crippen LogP contribution in [0.4, 0.5) is 0 Å². The number of halogens is 1. The van der Waals surface area contributed by atoms with E-state index in [4.69, 9.17) is 11.6 Å². The standard InChI is InChI=1S/C13H15ClN2O2/c1-2-9-8-16(6-4-12(9)17)13(18)10-3-5-15-7-11(10)14/h3,5,7,9H,2,4,6,8H2,1H3. The van der Waals surface area contributed by atoms with Gasteiger partial charge in [-0.05, 0) is 12.5 Å². The molecule has 0 N–H and O–H groups in total. The second kappa shape index (κ2) is 5.48. The number of pyridine rings is 1. The van der Waals surface area contributed by atoms with Gasteiger partial charge in [-0.3, -0.25) is 14.6 Å². The van der Waals surface area contributed by atoms with Gasteiger partial charge in [-0.2, -0.15) is 0 Å². The van der Waals surface area contributed by atoms with Crippen molar-refractivity contribution in [2.45, 2.75) is 19.8 Å². The minimum Gasteiger partial charge on any atom is -0.337 e. The van der Waals surface area contributed by atoms with Gasteiger partial charge in [0.15, 0.2) is 0 Å². The molecule has 1 aliphatic heterocycles. The van der Waals surface area contributed by atoms with E-state index < -0.39 is 0 Å². The number of likely N-dealkylation sites (tertiary alicyclic amines) is 1. The fraction of sp³-hybridized carbons (Fsp3) is 0.462. The lowest BCUT2D eigenvalue weighted by Crippen LogP contribution is -2.44. The molecule has 0 aliphatic carbocycles. The zero-order valence-electron chi connectivity index (χ0n) is 10.2. The summed E-state index contributed by atoms with van der Waals surface area (Å²) in [6.45, 7) is 2.94. The van der Waals surface area contributed by atoms with E-state index in [1.807, 2.05) is 6.92 Å². The second-order valence-corrected chi connectivity index (χ2v) is 4.84. The van der Waals surface area contributed by atoms with E-state index in [2.05, 4.69) is 4.98 Å². The molecule has 1 aliphatic rings. The van der Waals surface area contributed by atoms with Crippen molar-refractivity contribution in [1.29, 1.82) is 0 Å². The van der Waals surface area contributed by atoms with E-state index in [1.54, 1.807) is 17.2 Å². The average Bonchev–Trinajstić information content (AvgIpc) is 2.39. The molecule has 1 atom stereocenters. The highest BCUT2D eigenvalue weighted by Crippen LogP contribution is 2.21. The Morgan fingerprint density at radius 3 is 3.06 bits per heavy atom. The molecule has 18 heavy (non-hydrogen) atoms. The Bertz CT molecular complexity index is 476. The van der Waals surface area contributed by atoms with Crippen LogP contribution in [0.5, 0.6) is 0 Å². The Kier molecular flexibility index (Phi) is 3.97. The van der Waals surface area contributed by atoms with Crippen LogP contribution in [0.3, 0.4) is 0 Å². The summed E-state index contributed by atoms with van der Waals surface area (Å²) in [7, 11) is 0. The fourth-order valence-corrected chi connectivity index (χ4v) is 2.37. The lowest BCUT2D eigenvalue weighted by atomic mass is 9.94. The van der Waals surface area contributed by atoms with Crippen molar-refractivity contribution in [2.75, 3.05) is 13.1 Å². The molecule has 0 radical (unpaired) electrons. The van der Waals surface area contributed by atoms with Gasteiger partial charge < -0.3 is 4.90 Å². The number of amides is 1. The molecule has 0 saturated carbocycles. The van der Waals surface area contributed by atoms with Crippen molar-refractivity contribution in [1.82, 2.24) is 9.88 Å². The highest BCUT2D eigenvalue weighted by Gasteiger charge is 2.29. The number of carbonyl (C=O) groups excluding carboxylic acids is 2. The molecule has 1 amide bonds. The molecule has 2 rings (SSSR count). The van der Waals surface area contributed by atoms with E-state index in [9.17, 15) is 9.59 Å². The van der Waals surface area contributed by atoms with E-state index in [0.29, 0.717) is 30.1 Å². The highest BCUT2D eigenvalue weighted by atomic mass is 35.5. The third-order valence-electron chi connectivity index (χ3n) is 3.31. The number of carbonyl (C=O) groups is 2. The van der Waals surface area contributed by atoms with Crippen molar-refractivity contribution in [3.05, 3.63) is 29.0 Å². The molecule has 2 heterocycles. The second-order valence-electron chi connectivity index (χ2n) is 4.43. The topological polar surface area (TPSA) is 50.3 Å². The van der Waals surface area contributed by atoms with Crippen molar-refractivity contribution in [3.8, 4) is 0 Å². The molecule has 1 fully saturated rings. The van der Waals surface area contributed by atoms with Gasteiger partial charge in [0.25, 0.3) is 5.91 Å². The third-order valence-corrected chi connectivity index (χ3v) is 3.61. The molecule has 0 aromatic carbocycles. The first kappa shape index (κ1) is 13.0. The highest BCUT2D eigenvalue weighted by molar-refractivity contribution is 6.33. The van der Waals surface area contributed by atoms with Crippen LogP contribution in [0.2, 0.25) is 5.02 Å². The molecule has 1 aromatic rings. The number of Topliss-reactive ketones (excluding diaryl/α,β-unsaturated/α-hetero) is 1. The Morgan fingerprint density at radius 2 is 2.39 bits per heavy atom. The summed E-state index contributed by atoms with van der Waals surface area (Å²) in [5.41, 5.74) is 0.455. The molecule has 5 heteroatoms. The number of piperidine rings is 1. The molecule has 1 saturated heterocycles. The smallest absolute Gasteiger partial charge is 0.255 e. The molecule has 4 nitrogen and oxygen atoms in total. The van der Waals surface area contributed by atoms with Gasteiger partial charge in [0.2, 0.25) is 0 Å². The van der Waals surface area contributed by atoms with Gasteiger partial charge in [0.05, 0.1) is 10.6 Å². The minimum atomic E-state index is -0.117. The molecule has 1 aromatic heterocycles. The van der Waals surface area contributed by atoms with Crippen LogP contribution in [0, 0.1) is 5.92 Å². The van der Waals surface area contributed by atoms with Crippen LogP contribution in [0.25, 0.3) is 0 Å². The van der Waals surface area contributed by atoms with Crippen LogP contribution < -0.4 is 0 Å². The van der Waals surface area contributed by atoms with Crippen molar-refractivity contribution >= 4 is 23.3 Å². The SMILES string of the molecule is CCC1CN(C(=O)c2ccncc2Cl)CCC1=O. The third kappa shape index (κ3) is 2.53. The lowest BCUT2D eigenvalue weighted by molar-refractivity contribution is -0.125. The minimum absolute atomic E-state index is 0.0386. The van der Waals surface area contributed by atoms with Gasteiger partial charge in [-0.15, -0.1) is 0 Å². The predicted molar refractivity (Wildman–Crippen MR) is 68.6 cm³/mol. The van der Waals surface area contributed by atoms with E-state index in [0.717, 1.165) is 6.42 Å². The largest absolute Gasteiger partial charge is 0.337 e. The van der Waals surface area contributed by atoms with Gasteiger partial charge in [0, 0.05) is 37.8 Å². The molecule has 1 unspecified atom stereocenters. The summed E-state index contributed by atoms with van der Waals surface area (Å²) in [6.07, 6.45) is 4.21. The van der Waals surface area contributed by atoms with Crippen LogP contribution >= 0.6 is 11.6 Å². The summed E-state index contributed by atoms with van der Waals surface area (Å²) >= 11 is 5.96. The number of hydrogen-bond acceptors (Lipinski definition) is 3. The quantitative estimate of drug-likeness (QED) is 0.824. The number of aromatic nitrogens is 1. The molecular formula is C13H15ClN2O2. The fourth-order valence-electron chi connectivity index (χ4n) is 2.17. The Balaban J connectivity index is 2.15. The van der Waals surface area contributed by atoms with Crippen molar-refractivity contribution < 1.29 is 9.59 Å².